The largest absolute Gasteiger partial charge is 0.416 e. The zero-order valence-corrected chi connectivity index (χ0v) is 15.2. The Labute approximate surface area is 154 Å². The quantitative estimate of drug-likeness (QED) is 0.812. The average Bonchev–Trinajstić information content (AvgIpc) is 3.00. The summed E-state index contributed by atoms with van der Waals surface area (Å²) in [5, 5.41) is 3.08. The van der Waals surface area contributed by atoms with Gasteiger partial charge in [0.15, 0.2) is 0 Å². The topological polar surface area (TPSA) is 36.4 Å². The Morgan fingerprint density at radius 1 is 1.23 bits per heavy atom. The van der Waals surface area contributed by atoms with Gasteiger partial charge in [-0.15, -0.1) is 11.3 Å². The molecule has 0 saturated carbocycles. The maximum Gasteiger partial charge on any atom is 0.416 e. The van der Waals surface area contributed by atoms with E-state index >= 15 is 0 Å². The summed E-state index contributed by atoms with van der Waals surface area (Å²) in [6.07, 6.45) is -4.39. The van der Waals surface area contributed by atoms with E-state index in [4.69, 9.17) is 0 Å². The highest BCUT2D eigenvalue weighted by Gasteiger charge is 2.30. The number of aromatic nitrogens is 1. The van der Waals surface area contributed by atoms with Crippen LogP contribution in [0.3, 0.4) is 0 Å². The van der Waals surface area contributed by atoms with Crippen molar-refractivity contribution in [3.63, 3.8) is 0 Å². The molecule has 1 amide bonds. The SMILES string of the molecule is Cc1nc(CN2CCN(C(=O)Cc3cccc(C(F)(F)F)c3)CC2)cs1. The minimum Gasteiger partial charge on any atom is -0.340 e. The number of carbonyl (C=O) groups is 1. The van der Waals surface area contributed by atoms with Crippen molar-refractivity contribution in [3.05, 3.63) is 51.5 Å². The molecule has 1 aliphatic rings. The monoisotopic (exact) mass is 383 g/mol. The van der Waals surface area contributed by atoms with Crippen LogP contribution in [-0.4, -0.2) is 46.9 Å². The summed E-state index contributed by atoms with van der Waals surface area (Å²) in [5.41, 5.74) is 0.715. The summed E-state index contributed by atoms with van der Waals surface area (Å²) in [7, 11) is 0. The molecular weight excluding hydrogens is 363 g/mol. The molecule has 1 aliphatic heterocycles. The van der Waals surface area contributed by atoms with Crippen molar-refractivity contribution in [3.8, 4) is 0 Å². The molecule has 0 unspecified atom stereocenters. The minimum absolute atomic E-state index is 0.00476. The lowest BCUT2D eigenvalue weighted by molar-refractivity contribution is -0.138. The number of aryl methyl sites for hydroxylation is 1. The van der Waals surface area contributed by atoms with E-state index in [1.165, 1.54) is 6.07 Å². The van der Waals surface area contributed by atoms with Crippen molar-refractivity contribution in [2.75, 3.05) is 26.2 Å². The van der Waals surface area contributed by atoms with Crippen LogP contribution in [0.4, 0.5) is 13.2 Å². The van der Waals surface area contributed by atoms with Gasteiger partial charge in [-0.2, -0.15) is 13.2 Å². The Morgan fingerprint density at radius 3 is 2.58 bits per heavy atom. The van der Waals surface area contributed by atoms with Crippen molar-refractivity contribution in [2.24, 2.45) is 0 Å². The number of halogens is 3. The number of carbonyl (C=O) groups excluding carboxylic acids is 1. The smallest absolute Gasteiger partial charge is 0.340 e. The van der Waals surface area contributed by atoms with Crippen molar-refractivity contribution >= 4 is 17.2 Å². The molecule has 0 N–H and O–H groups in total. The van der Waals surface area contributed by atoms with Gasteiger partial charge in [0, 0.05) is 38.1 Å². The lowest BCUT2D eigenvalue weighted by Gasteiger charge is -2.34. The summed E-state index contributed by atoms with van der Waals surface area (Å²) < 4.78 is 38.3. The predicted octanol–water partition coefficient (Wildman–Crippen LogP) is 3.36. The zero-order chi connectivity index (χ0) is 18.7. The molecule has 1 aromatic carbocycles. The first-order valence-electron chi connectivity index (χ1n) is 8.38. The van der Waals surface area contributed by atoms with E-state index in [9.17, 15) is 18.0 Å². The van der Waals surface area contributed by atoms with Gasteiger partial charge in [0.2, 0.25) is 5.91 Å². The molecule has 0 atom stereocenters. The first-order chi connectivity index (χ1) is 12.3. The standard InChI is InChI=1S/C18H20F3N3OS/c1-13-22-16(12-26-13)11-23-5-7-24(8-6-23)17(25)10-14-3-2-4-15(9-14)18(19,20)21/h2-4,9,12H,5-8,10-11H2,1H3. The average molecular weight is 383 g/mol. The molecule has 1 saturated heterocycles. The van der Waals surface area contributed by atoms with Gasteiger partial charge in [-0.25, -0.2) is 4.98 Å². The van der Waals surface area contributed by atoms with Gasteiger partial charge in [-0.1, -0.05) is 18.2 Å². The maximum absolute atomic E-state index is 12.8. The molecule has 140 valence electrons. The van der Waals surface area contributed by atoms with Crippen LogP contribution in [0.25, 0.3) is 0 Å². The maximum atomic E-state index is 12.8. The van der Waals surface area contributed by atoms with Gasteiger partial charge in [-0.3, -0.25) is 9.69 Å². The number of thiazole rings is 1. The number of benzene rings is 1. The Hall–Kier alpha value is -1.93. The van der Waals surface area contributed by atoms with Gasteiger partial charge >= 0.3 is 6.18 Å². The van der Waals surface area contributed by atoms with Crippen LogP contribution in [0, 0.1) is 6.92 Å². The molecular formula is C18H20F3N3OS. The molecule has 1 fully saturated rings. The number of hydrogen-bond donors (Lipinski definition) is 0. The fraction of sp³-hybridized carbons (Fsp3) is 0.444. The van der Waals surface area contributed by atoms with E-state index in [2.05, 4.69) is 9.88 Å². The fourth-order valence-corrected chi connectivity index (χ4v) is 3.61. The van der Waals surface area contributed by atoms with Crippen LogP contribution in [0.5, 0.6) is 0 Å². The zero-order valence-electron chi connectivity index (χ0n) is 14.4. The second kappa shape index (κ2) is 7.75. The highest BCUT2D eigenvalue weighted by atomic mass is 32.1. The number of rotatable bonds is 4. The van der Waals surface area contributed by atoms with Crippen LogP contribution in [0.15, 0.2) is 29.6 Å². The summed E-state index contributed by atoms with van der Waals surface area (Å²) in [6.45, 7) is 5.39. The van der Waals surface area contributed by atoms with Crippen molar-refractivity contribution in [1.82, 2.24) is 14.8 Å². The lowest BCUT2D eigenvalue weighted by atomic mass is 10.1. The van der Waals surface area contributed by atoms with E-state index in [1.807, 2.05) is 12.3 Å². The molecule has 2 aromatic rings. The van der Waals surface area contributed by atoms with Gasteiger partial charge in [0.1, 0.15) is 0 Å². The fourth-order valence-electron chi connectivity index (χ4n) is 3.01. The molecule has 0 spiro atoms. The number of nitrogens with zero attached hydrogens (tertiary/aromatic N) is 3. The van der Waals surface area contributed by atoms with E-state index in [-0.39, 0.29) is 12.3 Å². The molecule has 2 heterocycles. The van der Waals surface area contributed by atoms with Crippen molar-refractivity contribution in [1.29, 1.82) is 0 Å². The number of amides is 1. The van der Waals surface area contributed by atoms with Crippen LogP contribution in [-0.2, 0) is 23.9 Å². The molecule has 0 bridgehead atoms. The van der Waals surface area contributed by atoms with Crippen LogP contribution in [0.1, 0.15) is 21.8 Å². The number of hydrogen-bond acceptors (Lipinski definition) is 4. The van der Waals surface area contributed by atoms with Gasteiger partial charge in [-0.05, 0) is 18.6 Å². The number of piperazine rings is 1. The highest BCUT2D eigenvalue weighted by Crippen LogP contribution is 2.29. The van der Waals surface area contributed by atoms with Crippen molar-refractivity contribution < 1.29 is 18.0 Å². The van der Waals surface area contributed by atoms with Crippen molar-refractivity contribution in [2.45, 2.75) is 26.1 Å². The normalized spacial score (nSPS) is 16.1. The predicted molar refractivity (Wildman–Crippen MR) is 93.9 cm³/mol. The first kappa shape index (κ1) is 18.8. The van der Waals surface area contributed by atoms with E-state index in [1.54, 1.807) is 22.3 Å². The van der Waals surface area contributed by atoms with E-state index in [0.29, 0.717) is 18.7 Å². The second-order valence-corrected chi connectivity index (χ2v) is 7.45. The third-order valence-corrected chi connectivity index (χ3v) is 5.21. The van der Waals surface area contributed by atoms with Crippen LogP contribution < -0.4 is 0 Å². The molecule has 0 aliphatic carbocycles. The summed E-state index contributed by atoms with van der Waals surface area (Å²) in [5.74, 6) is -0.131. The molecule has 8 heteroatoms. The Morgan fingerprint density at radius 2 is 1.96 bits per heavy atom. The van der Waals surface area contributed by atoms with Crippen LogP contribution in [0.2, 0.25) is 0 Å². The summed E-state index contributed by atoms with van der Waals surface area (Å²) in [6, 6.07) is 4.98. The van der Waals surface area contributed by atoms with E-state index < -0.39 is 11.7 Å². The Balaban J connectivity index is 1.52. The third kappa shape index (κ3) is 4.82. The Kier molecular flexibility index (Phi) is 5.62. The third-order valence-electron chi connectivity index (χ3n) is 4.39. The van der Waals surface area contributed by atoms with E-state index in [0.717, 1.165) is 42.5 Å². The molecule has 0 radical (unpaired) electrons. The van der Waals surface area contributed by atoms with Gasteiger partial charge in [0.25, 0.3) is 0 Å². The number of alkyl halides is 3. The summed E-state index contributed by atoms with van der Waals surface area (Å²) in [4.78, 5) is 20.8. The van der Waals surface area contributed by atoms with Gasteiger partial charge in [0.05, 0.1) is 22.7 Å². The molecule has 4 nitrogen and oxygen atoms in total. The molecule has 1 aromatic heterocycles. The minimum atomic E-state index is -4.39. The molecule has 3 rings (SSSR count). The highest BCUT2D eigenvalue weighted by molar-refractivity contribution is 7.09. The molecule has 26 heavy (non-hydrogen) atoms. The first-order valence-corrected chi connectivity index (χ1v) is 9.26. The second-order valence-electron chi connectivity index (χ2n) is 6.39. The Bertz CT molecular complexity index is 767. The summed E-state index contributed by atoms with van der Waals surface area (Å²) >= 11 is 1.62. The van der Waals surface area contributed by atoms with Crippen LogP contribution >= 0.6 is 11.3 Å². The lowest BCUT2D eigenvalue weighted by Crippen LogP contribution is -2.48. The van der Waals surface area contributed by atoms with Gasteiger partial charge < -0.3 is 4.90 Å².